The molecule has 0 aliphatic carbocycles. The number of nitrogens with one attached hydrogen (secondary N) is 1. The van der Waals surface area contributed by atoms with E-state index in [2.05, 4.69) is 20.2 Å². The first kappa shape index (κ1) is 17.0. The van der Waals surface area contributed by atoms with Crippen molar-refractivity contribution in [2.24, 2.45) is 0 Å². The topological polar surface area (TPSA) is 58.1 Å². The summed E-state index contributed by atoms with van der Waals surface area (Å²) in [6, 6.07) is 7.86. The van der Waals surface area contributed by atoms with Gasteiger partial charge in [0.15, 0.2) is 5.13 Å². The van der Waals surface area contributed by atoms with Gasteiger partial charge in [0, 0.05) is 29.5 Å². The monoisotopic (exact) mass is 366 g/mol. The number of carbonyl (C=O) groups excluding carboxylic acids is 1. The second kappa shape index (κ2) is 7.03. The SMILES string of the molecule is Cc1ccc2nc(C)cc(C(=O)NCc3csc(N4CCCC4)n3)c2c1. The second-order valence-corrected chi connectivity index (χ2v) is 7.67. The first-order valence-corrected chi connectivity index (χ1v) is 9.84. The van der Waals surface area contributed by atoms with Crippen molar-refractivity contribution in [3.05, 3.63) is 52.2 Å². The fourth-order valence-electron chi connectivity index (χ4n) is 3.36. The molecule has 0 radical (unpaired) electrons. The van der Waals surface area contributed by atoms with Crippen LogP contribution in [0.1, 0.15) is 40.2 Å². The highest BCUT2D eigenvalue weighted by atomic mass is 32.1. The first-order valence-electron chi connectivity index (χ1n) is 8.96. The van der Waals surface area contributed by atoms with Gasteiger partial charge in [-0.3, -0.25) is 9.78 Å². The van der Waals surface area contributed by atoms with Gasteiger partial charge >= 0.3 is 0 Å². The van der Waals surface area contributed by atoms with Crippen LogP contribution >= 0.6 is 11.3 Å². The third-order valence-electron chi connectivity index (χ3n) is 4.68. The smallest absolute Gasteiger partial charge is 0.252 e. The lowest BCUT2D eigenvalue weighted by molar-refractivity contribution is 0.0952. The molecule has 2 aromatic heterocycles. The average molecular weight is 366 g/mol. The highest BCUT2D eigenvalue weighted by molar-refractivity contribution is 7.13. The molecule has 6 heteroatoms. The minimum absolute atomic E-state index is 0.0816. The Hall–Kier alpha value is -2.47. The Morgan fingerprint density at radius 3 is 2.81 bits per heavy atom. The molecule has 1 fully saturated rings. The number of anilines is 1. The van der Waals surface area contributed by atoms with Crippen molar-refractivity contribution in [1.29, 1.82) is 0 Å². The van der Waals surface area contributed by atoms with Crippen LogP contribution in [0.2, 0.25) is 0 Å². The molecule has 3 heterocycles. The maximum absolute atomic E-state index is 12.8. The van der Waals surface area contributed by atoms with Gasteiger partial charge in [0.05, 0.1) is 23.3 Å². The maximum atomic E-state index is 12.8. The van der Waals surface area contributed by atoms with E-state index < -0.39 is 0 Å². The number of carbonyl (C=O) groups is 1. The van der Waals surface area contributed by atoms with E-state index in [0.29, 0.717) is 12.1 Å². The Morgan fingerprint density at radius 2 is 2.00 bits per heavy atom. The summed E-state index contributed by atoms with van der Waals surface area (Å²) in [4.78, 5) is 24.3. The number of thiazole rings is 1. The lowest BCUT2D eigenvalue weighted by Gasteiger charge is -2.12. The first-order chi connectivity index (χ1) is 12.6. The largest absolute Gasteiger partial charge is 0.348 e. The average Bonchev–Trinajstić information content (AvgIpc) is 3.30. The number of nitrogens with zero attached hydrogens (tertiary/aromatic N) is 3. The number of aromatic nitrogens is 2. The van der Waals surface area contributed by atoms with Crippen molar-refractivity contribution in [3.8, 4) is 0 Å². The molecule has 5 nitrogen and oxygen atoms in total. The number of hydrogen-bond acceptors (Lipinski definition) is 5. The van der Waals surface area contributed by atoms with Gasteiger partial charge in [0.1, 0.15) is 0 Å². The molecular formula is C20H22N4OS. The van der Waals surface area contributed by atoms with Crippen LogP contribution in [-0.4, -0.2) is 29.0 Å². The van der Waals surface area contributed by atoms with E-state index in [1.54, 1.807) is 11.3 Å². The van der Waals surface area contributed by atoms with Crippen molar-refractivity contribution in [3.63, 3.8) is 0 Å². The zero-order valence-electron chi connectivity index (χ0n) is 15.1. The summed E-state index contributed by atoms with van der Waals surface area (Å²) in [5.41, 5.74) is 4.40. The number of fused-ring (bicyclic) bond motifs is 1. The molecule has 0 unspecified atom stereocenters. The summed E-state index contributed by atoms with van der Waals surface area (Å²) in [7, 11) is 0. The highest BCUT2D eigenvalue weighted by Crippen LogP contribution is 2.24. The Bertz CT molecular complexity index is 960. The maximum Gasteiger partial charge on any atom is 0.252 e. The minimum atomic E-state index is -0.0816. The summed E-state index contributed by atoms with van der Waals surface area (Å²) in [6.07, 6.45) is 2.47. The van der Waals surface area contributed by atoms with Crippen LogP contribution in [0.3, 0.4) is 0 Å². The van der Waals surface area contributed by atoms with E-state index >= 15 is 0 Å². The molecule has 0 bridgehead atoms. The molecule has 4 rings (SSSR count). The van der Waals surface area contributed by atoms with Gasteiger partial charge in [-0.2, -0.15) is 0 Å². The minimum Gasteiger partial charge on any atom is -0.348 e. The molecule has 1 N–H and O–H groups in total. The van der Waals surface area contributed by atoms with Crippen molar-refractivity contribution in [2.75, 3.05) is 18.0 Å². The number of rotatable bonds is 4. The third-order valence-corrected chi connectivity index (χ3v) is 5.63. The zero-order chi connectivity index (χ0) is 18.1. The summed E-state index contributed by atoms with van der Waals surface area (Å²) in [5, 5.41) is 7.01. The normalized spacial score (nSPS) is 14.2. The molecule has 26 heavy (non-hydrogen) atoms. The van der Waals surface area contributed by atoms with Crippen LogP contribution in [0, 0.1) is 13.8 Å². The fourth-order valence-corrected chi connectivity index (χ4v) is 4.24. The number of benzene rings is 1. The molecule has 0 atom stereocenters. The van der Waals surface area contributed by atoms with Crippen LogP contribution in [-0.2, 0) is 6.54 Å². The quantitative estimate of drug-likeness (QED) is 0.762. The predicted octanol–water partition coefficient (Wildman–Crippen LogP) is 3.84. The number of hydrogen-bond donors (Lipinski definition) is 1. The molecule has 1 aliphatic rings. The molecule has 0 saturated carbocycles. The number of aryl methyl sites for hydroxylation is 2. The molecular weight excluding hydrogens is 344 g/mol. The highest BCUT2D eigenvalue weighted by Gasteiger charge is 2.16. The molecule has 0 spiro atoms. The van der Waals surface area contributed by atoms with Gasteiger partial charge < -0.3 is 10.2 Å². The van der Waals surface area contributed by atoms with Crippen LogP contribution in [0.15, 0.2) is 29.6 Å². The van der Waals surface area contributed by atoms with E-state index in [1.807, 2.05) is 43.5 Å². The van der Waals surface area contributed by atoms with Crippen LogP contribution in [0.4, 0.5) is 5.13 Å². The van der Waals surface area contributed by atoms with E-state index in [1.165, 1.54) is 12.8 Å². The Kier molecular flexibility index (Phi) is 4.59. The number of pyridine rings is 1. The summed E-state index contributed by atoms with van der Waals surface area (Å²) in [6.45, 7) is 6.55. The predicted molar refractivity (Wildman–Crippen MR) is 106 cm³/mol. The molecule has 3 aromatic rings. The van der Waals surface area contributed by atoms with E-state index in [0.717, 1.165) is 46.1 Å². The Morgan fingerprint density at radius 1 is 1.19 bits per heavy atom. The van der Waals surface area contributed by atoms with Crippen LogP contribution in [0.25, 0.3) is 10.9 Å². The van der Waals surface area contributed by atoms with Crippen molar-refractivity contribution < 1.29 is 4.79 Å². The van der Waals surface area contributed by atoms with Crippen molar-refractivity contribution in [1.82, 2.24) is 15.3 Å². The van der Waals surface area contributed by atoms with Gasteiger partial charge in [0.25, 0.3) is 5.91 Å². The fraction of sp³-hybridized carbons (Fsp3) is 0.350. The zero-order valence-corrected chi connectivity index (χ0v) is 15.9. The van der Waals surface area contributed by atoms with Gasteiger partial charge in [-0.15, -0.1) is 11.3 Å². The molecule has 1 amide bonds. The van der Waals surface area contributed by atoms with E-state index in [-0.39, 0.29) is 5.91 Å². The van der Waals surface area contributed by atoms with Gasteiger partial charge in [-0.05, 0) is 44.9 Å². The summed E-state index contributed by atoms with van der Waals surface area (Å²) >= 11 is 1.65. The van der Waals surface area contributed by atoms with Gasteiger partial charge in [-0.25, -0.2) is 4.98 Å². The molecule has 134 valence electrons. The second-order valence-electron chi connectivity index (χ2n) is 6.83. The third kappa shape index (κ3) is 3.42. The standard InChI is InChI=1S/C20H22N4OS/c1-13-5-6-18-16(9-13)17(10-14(2)22-18)19(25)21-11-15-12-26-20(23-15)24-7-3-4-8-24/h5-6,9-10,12H,3-4,7-8,11H2,1-2H3,(H,21,25). The lowest BCUT2D eigenvalue weighted by Crippen LogP contribution is -2.24. The Labute approximate surface area is 157 Å². The molecule has 1 saturated heterocycles. The van der Waals surface area contributed by atoms with E-state index in [4.69, 9.17) is 0 Å². The number of amides is 1. The molecule has 1 aliphatic heterocycles. The Balaban J connectivity index is 1.52. The van der Waals surface area contributed by atoms with Crippen molar-refractivity contribution in [2.45, 2.75) is 33.2 Å². The lowest BCUT2D eigenvalue weighted by atomic mass is 10.0. The van der Waals surface area contributed by atoms with Crippen molar-refractivity contribution >= 4 is 33.3 Å². The van der Waals surface area contributed by atoms with E-state index in [9.17, 15) is 4.79 Å². The van der Waals surface area contributed by atoms with Crippen LogP contribution < -0.4 is 10.2 Å². The van der Waals surface area contributed by atoms with Crippen LogP contribution in [0.5, 0.6) is 0 Å². The van der Waals surface area contributed by atoms with Gasteiger partial charge in [0.2, 0.25) is 0 Å². The summed E-state index contributed by atoms with van der Waals surface area (Å²) < 4.78 is 0. The summed E-state index contributed by atoms with van der Waals surface area (Å²) in [5.74, 6) is -0.0816. The molecule has 1 aromatic carbocycles. The van der Waals surface area contributed by atoms with Gasteiger partial charge in [-0.1, -0.05) is 11.6 Å².